The molecule has 0 aliphatic carbocycles. The van der Waals surface area contributed by atoms with Crippen LogP contribution in [0.15, 0.2) is 24.3 Å². The third kappa shape index (κ3) is 3.24. The lowest BCUT2D eigenvalue weighted by Crippen LogP contribution is -2.40. The van der Waals surface area contributed by atoms with E-state index in [0.717, 1.165) is 33.5 Å². The Balaban J connectivity index is 1.85. The zero-order chi connectivity index (χ0) is 18.8. The van der Waals surface area contributed by atoms with Gasteiger partial charge in [0.15, 0.2) is 5.65 Å². The molecule has 1 unspecified atom stereocenters. The van der Waals surface area contributed by atoms with Crippen molar-refractivity contribution in [3.8, 4) is 0 Å². The topological polar surface area (TPSA) is 96.6 Å². The highest BCUT2D eigenvalue weighted by molar-refractivity contribution is 5.92. The SMILES string of the molecule is CCC(NC(=O)CCc1c(C)nc2c3ccccc3nn2c1C)C(=O)O. The molecule has 1 aromatic carbocycles. The van der Waals surface area contributed by atoms with E-state index in [1.165, 1.54) is 0 Å². The van der Waals surface area contributed by atoms with Gasteiger partial charge in [-0.1, -0.05) is 19.1 Å². The second-order valence-corrected chi connectivity index (χ2v) is 6.38. The number of rotatable bonds is 6. The van der Waals surface area contributed by atoms with Gasteiger partial charge in [0.2, 0.25) is 5.91 Å². The van der Waals surface area contributed by atoms with Crippen LogP contribution in [-0.4, -0.2) is 37.6 Å². The number of carboxylic acid groups (broad SMARTS) is 1. The molecule has 2 aromatic heterocycles. The predicted molar refractivity (Wildman–Crippen MR) is 98.1 cm³/mol. The summed E-state index contributed by atoms with van der Waals surface area (Å²) in [7, 11) is 0. The van der Waals surface area contributed by atoms with Crippen molar-refractivity contribution in [2.24, 2.45) is 0 Å². The Morgan fingerprint density at radius 1 is 1.27 bits per heavy atom. The Labute approximate surface area is 151 Å². The lowest BCUT2D eigenvalue weighted by molar-refractivity contribution is -0.141. The first-order valence-electron chi connectivity index (χ1n) is 8.68. The van der Waals surface area contributed by atoms with E-state index in [-0.39, 0.29) is 12.3 Å². The Bertz CT molecular complexity index is 993. The molecule has 1 amide bonds. The fraction of sp³-hybridized carbons (Fsp3) is 0.368. The summed E-state index contributed by atoms with van der Waals surface area (Å²) in [6.07, 6.45) is 1.05. The van der Waals surface area contributed by atoms with Crippen LogP contribution in [0.25, 0.3) is 16.6 Å². The van der Waals surface area contributed by atoms with E-state index in [0.29, 0.717) is 12.8 Å². The molecule has 26 heavy (non-hydrogen) atoms. The number of aryl methyl sites for hydroxylation is 2. The minimum Gasteiger partial charge on any atom is -0.480 e. The van der Waals surface area contributed by atoms with Crippen molar-refractivity contribution in [2.45, 2.75) is 46.1 Å². The first-order chi connectivity index (χ1) is 12.4. The number of benzene rings is 1. The summed E-state index contributed by atoms with van der Waals surface area (Å²) in [5.41, 5.74) is 4.45. The van der Waals surface area contributed by atoms with Crippen LogP contribution in [0.1, 0.15) is 36.7 Å². The molecule has 7 heteroatoms. The molecule has 2 heterocycles. The number of amides is 1. The number of aliphatic carboxylic acids is 1. The van der Waals surface area contributed by atoms with Crippen molar-refractivity contribution in [1.82, 2.24) is 19.9 Å². The number of fused-ring (bicyclic) bond motifs is 3. The van der Waals surface area contributed by atoms with E-state index < -0.39 is 12.0 Å². The first-order valence-corrected chi connectivity index (χ1v) is 8.68. The molecule has 0 fully saturated rings. The van der Waals surface area contributed by atoms with Crippen molar-refractivity contribution in [1.29, 1.82) is 0 Å². The molecular formula is C19H22N4O3. The molecule has 0 saturated heterocycles. The van der Waals surface area contributed by atoms with Gasteiger partial charge in [-0.15, -0.1) is 0 Å². The number of aromatic nitrogens is 3. The second kappa shape index (κ2) is 7.11. The van der Waals surface area contributed by atoms with Crippen LogP contribution in [0.2, 0.25) is 0 Å². The largest absolute Gasteiger partial charge is 0.480 e. The summed E-state index contributed by atoms with van der Waals surface area (Å²) in [6.45, 7) is 5.62. The Morgan fingerprint density at radius 2 is 2.00 bits per heavy atom. The second-order valence-electron chi connectivity index (χ2n) is 6.38. The molecule has 0 radical (unpaired) electrons. The maximum Gasteiger partial charge on any atom is 0.326 e. The molecule has 7 nitrogen and oxygen atoms in total. The van der Waals surface area contributed by atoms with Crippen LogP contribution in [0.5, 0.6) is 0 Å². The standard InChI is InChI=1S/C19H22N4O3/c1-4-15(19(25)26)21-17(24)10-9-13-11(2)20-18-14-7-5-6-8-16(14)22-23(18)12(13)3/h5-8,15H,4,9-10H2,1-3H3,(H,21,24)(H,25,26). The molecule has 3 aromatic rings. The molecule has 0 aliphatic heterocycles. The smallest absolute Gasteiger partial charge is 0.326 e. The lowest BCUT2D eigenvalue weighted by Gasteiger charge is -2.14. The van der Waals surface area contributed by atoms with E-state index in [4.69, 9.17) is 5.11 Å². The van der Waals surface area contributed by atoms with Crippen LogP contribution >= 0.6 is 0 Å². The number of carboxylic acids is 1. The average Bonchev–Trinajstić information content (AvgIpc) is 2.98. The van der Waals surface area contributed by atoms with Gasteiger partial charge < -0.3 is 10.4 Å². The maximum absolute atomic E-state index is 12.1. The molecule has 3 rings (SSSR count). The fourth-order valence-corrected chi connectivity index (χ4v) is 3.18. The van der Waals surface area contributed by atoms with E-state index >= 15 is 0 Å². The van der Waals surface area contributed by atoms with Crippen LogP contribution in [0.4, 0.5) is 0 Å². The lowest BCUT2D eigenvalue weighted by atomic mass is 10.1. The molecular weight excluding hydrogens is 332 g/mol. The highest BCUT2D eigenvalue weighted by Crippen LogP contribution is 2.22. The van der Waals surface area contributed by atoms with Gasteiger partial charge in [-0.3, -0.25) is 4.79 Å². The normalized spacial score (nSPS) is 12.4. The number of nitrogens with zero attached hydrogens (tertiary/aromatic N) is 3. The van der Waals surface area contributed by atoms with Crippen LogP contribution in [0.3, 0.4) is 0 Å². The van der Waals surface area contributed by atoms with Gasteiger partial charge in [-0.2, -0.15) is 5.10 Å². The monoisotopic (exact) mass is 354 g/mol. The maximum atomic E-state index is 12.1. The highest BCUT2D eigenvalue weighted by Gasteiger charge is 2.19. The third-order valence-corrected chi connectivity index (χ3v) is 4.66. The quantitative estimate of drug-likeness (QED) is 0.708. The van der Waals surface area contributed by atoms with E-state index in [2.05, 4.69) is 15.4 Å². The van der Waals surface area contributed by atoms with Gasteiger partial charge in [0.05, 0.1) is 5.52 Å². The van der Waals surface area contributed by atoms with Crippen molar-refractivity contribution < 1.29 is 14.7 Å². The summed E-state index contributed by atoms with van der Waals surface area (Å²) in [5.74, 6) is -1.29. The molecule has 1 atom stereocenters. The molecule has 0 bridgehead atoms. The van der Waals surface area contributed by atoms with Crippen molar-refractivity contribution in [3.05, 3.63) is 41.2 Å². The van der Waals surface area contributed by atoms with E-state index in [1.54, 1.807) is 6.92 Å². The summed E-state index contributed by atoms with van der Waals surface area (Å²) < 4.78 is 1.82. The summed E-state index contributed by atoms with van der Waals surface area (Å²) >= 11 is 0. The van der Waals surface area contributed by atoms with Crippen molar-refractivity contribution in [2.75, 3.05) is 0 Å². The number of hydrogen-bond donors (Lipinski definition) is 2. The molecule has 136 valence electrons. The zero-order valence-corrected chi connectivity index (χ0v) is 15.1. The molecule has 0 spiro atoms. The van der Waals surface area contributed by atoms with Crippen LogP contribution in [0, 0.1) is 13.8 Å². The number of carbonyl (C=O) groups excluding carboxylic acids is 1. The summed E-state index contributed by atoms with van der Waals surface area (Å²) in [5, 5.41) is 17.2. The van der Waals surface area contributed by atoms with Crippen molar-refractivity contribution >= 4 is 28.4 Å². The Hall–Kier alpha value is -2.96. The summed E-state index contributed by atoms with van der Waals surface area (Å²) in [6, 6.07) is 6.99. The summed E-state index contributed by atoms with van der Waals surface area (Å²) in [4.78, 5) is 27.8. The van der Waals surface area contributed by atoms with Crippen LogP contribution < -0.4 is 5.32 Å². The van der Waals surface area contributed by atoms with Gasteiger partial charge in [-0.25, -0.2) is 14.3 Å². The van der Waals surface area contributed by atoms with Gasteiger partial charge in [0.25, 0.3) is 0 Å². The Morgan fingerprint density at radius 3 is 2.69 bits per heavy atom. The minimum absolute atomic E-state index is 0.208. The van der Waals surface area contributed by atoms with Gasteiger partial charge in [-0.05, 0) is 44.4 Å². The predicted octanol–water partition coefficient (Wildman–Crippen LogP) is 2.41. The molecule has 0 saturated carbocycles. The van der Waals surface area contributed by atoms with Gasteiger partial charge in [0, 0.05) is 23.2 Å². The Kier molecular flexibility index (Phi) is 4.88. The number of hydrogen-bond acceptors (Lipinski definition) is 4. The molecule has 2 N–H and O–H groups in total. The number of carbonyl (C=O) groups is 2. The number of nitrogens with one attached hydrogen (secondary N) is 1. The van der Waals surface area contributed by atoms with Gasteiger partial charge in [0.1, 0.15) is 6.04 Å². The zero-order valence-electron chi connectivity index (χ0n) is 15.1. The van der Waals surface area contributed by atoms with E-state index in [9.17, 15) is 9.59 Å². The molecule has 0 aliphatic rings. The fourth-order valence-electron chi connectivity index (χ4n) is 3.18. The van der Waals surface area contributed by atoms with Crippen LogP contribution in [-0.2, 0) is 16.0 Å². The minimum atomic E-state index is -1.01. The third-order valence-electron chi connectivity index (χ3n) is 4.66. The van der Waals surface area contributed by atoms with E-state index in [1.807, 2.05) is 42.6 Å². The first kappa shape index (κ1) is 17.8. The average molecular weight is 354 g/mol. The van der Waals surface area contributed by atoms with Gasteiger partial charge >= 0.3 is 5.97 Å². The van der Waals surface area contributed by atoms with Crippen molar-refractivity contribution in [3.63, 3.8) is 0 Å². The highest BCUT2D eigenvalue weighted by atomic mass is 16.4.